The van der Waals surface area contributed by atoms with Gasteiger partial charge in [0.1, 0.15) is 0 Å². The second kappa shape index (κ2) is 11.9. The van der Waals surface area contributed by atoms with Crippen LogP contribution in [0.2, 0.25) is 13.1 Å². The van der Waals surface area contributed by atoms with E-state index in [4.69, 9.17) is 0 Å². The van der Waals surface area contributed by atoms with E-state index in [2.05, 4.69) is 77.2 Å². The molecule has 5 heteroatoms. The SMILES string of the molecule is CCC(C)c1ccc[c-]1[Si](C)(C)c1cc(C)cc(C)c1.[Cl-].[Cl-].[Cl-].[Ti+4]. The Labute approximate surface area is 182 Å². The summed E-state index contributed by atoms with van der Waals surface area (Å²) in [6, 6.07) is 14.0. The van der Waals surface area contributed by atoms with Gasteiger partial charge < -0.3 is 37.2 Å². The summed E-state index contributed by atoms with van der Waals surface area (Å²) < 4.78 is 0. The van der Waals surface area contributed by atoms with Crippen LogP contribution in [0, 0.1) is 13.8 Å². The molecule has 1 unspecified atom stereocenters. The monoisotopic (exact) mass is 436 g/mol. The third-order valence-electron chi connectivity index (χ3n) is 4.61. The minimum absolute atomic E-state index is 0. The standard InChI is InChI=1S/C19H27Si.3ClH.Ti/c1-7-16(4)18-9-8-10-19(18)20(5,6)17-12-14(2)11-15(3)13-17;;;;/h8-13,16H,7H2,1-6H3;3*1H;/q-1;;;;+4/p-3. The van der Waals surface area contributed by atoms with Crippen LogP contribution in [0.25, 0.3) is 0 Å². The van der Waals surface area contributed by atoms with Crippen molar-refractivity contribution in [1.29, 1.82) is 0 Å². The number of halogens is 3. The fourth-order valence-electron chi connectivity index (χ4n) is 3.14. The molecule has 132 valence electrons. The van der Waals surface area contributed by atoms with Gasteiger partial charge in [0.25, 0.3) is 0 Å². The van der Waals surface area contributed by atoms with Crippen molar-refractivity contribution in [3.63, 3.8) is 0 Å². The van der Waals surface area contributed by atoms with Crippen molar-refractivity contribution in [2.75, 3.05) is 0 Å². The second-order valence-corrected chi connectivity index (χ2v) is 11.1. The Balaban J connectivity index is -0.00000110. The van der Waals surface area contributed by atoms with Gasteiger partial charge in [-0.1, -0.05) is 67.9 Å². The zero-order valence-corrected chi connectivity index (χ0v) is 20.2. The summed E-state index contributed by atoms with van der Waals surface area (Å²) in [5.41, 5.74) is 4.35. The summed E-state index contributed by atoms with van der Waals surface area (Å²) in [7, 11) is -1.59. The van der Waals surface area contributed by atoms with Crippen LogP contribution in [0.15, 0.2) is 36.4 Å². The van der Waals surface area contributed by atoms with Crippen molar-refractivity contribution < 1.29 is 58.9 Å². The number of hydrogen-bond donors (Lipinski definition) is 0. The molecule has 0 saturated heterocycles. The number of hydrogen-bond acceptors (Lipinski definition) is 0. The van der Waals surface area contributed by atoms with Gasteiger partial charge in [0, 0.05) is 0 Å². The minimum Gasteiger partial charge on any atom is -1.00 e. The van der Waals surface area contributed by atoms with Gasteiger partial charge in [0.05, 0.1) is 8.07 Å². The summed E-state index contributed by atoms with van der Waals surface area (Å²) in [6.45, 7) is 14.0. The molecule has 2 aromatic carbocycles. The quantitative estimate of drug-likeness (QED) is 0.334. The van der Waals surface area contributed by atoms with Gasteiger partial charge in [0.15, 0.2) is 0 Å². The summed E-state index contributed by atoms with van der Waals surface area (Å²) in [5, 5.41) is 3.18. The molecule has 0 nitrogen and oxygen atoms in total. The van der Waals surface area contributed by atoms with Crippen LogP contribution in [0.1, 0.15) is 42.9 Å². The van der Waals surface area contributed by atoms with Gasteiger partial charge >= 0.3 is 21.7 Å². The first-order chi connectivity index (χ1) is 9.36. The zero-order chi connectivity index (χ0) is 14.9. The maximum absolute atomic E-state index is 2.49. The average molecular weight is 438 g/mol. The van der Waals surface area contributed by atoms with E-state index < -0.39 is 8.07 Å². The predicted molar refractivity (Wildman–Crippen MR) is 93.4 cm³/mol. The van der Waals surface area contributed by atoms with Crippen LogP contribution >= 0.6 is 0 Å². The molecule has 0 radical (unpaired) electrons. The summed E-state index contributed by atoms with van der Waals surface area (Å²) in [5.74, 6) is 0.665. The molecule has 0 aliphatic carbocycles. The van der Waals surface area contributed by atoms with Crippen LogP contribution in [-0.4, -0.2) is 8.07 Å². The third-order valence-corrected chi connectivity index (χ3v) is 8.14. The number of rotatable bonds is 4. The van der Waals surface area contributed by atoms with Crippen molar-refractivity contribution in [3.05, 3.63) is 53.1 Å². The molecule has 0 aromatic heterocycles. The molecule has 0 fully saturated rings. The molecule has 2 aromatic rings. The normalized spacial score (nSPS) is 11.2. The topological polar surface area (TPSA) is 0 Å². The fraction of sp³-hybridized carbons (Fsp3) is 0.421. The van der Waals surface area contributed by atoms with Crippen LogP contribution in [-0.2, 0) is 21.7 Å². The largest absolute Gasteiger partial charge is 4.00 e. The van der Waals surface area contributed by atoms with Gasteiger partial charge in [-0.25, -0.2) is 12.1 Å². The fourth-order valence-corrected chi connectivity index (χ4v) is 6.20. The first kappa shape index (κ1) is 29.1. The Hall–Kier alpha value is 0.371. The number of aryl methyl sites for hydroxylation is 2. The Morgan fingerprint density at radius 3 is 1.96 bits per heavy atom. The van der Waals surface area contributed by atoms with Gasteiger partial charge in [-0.2, -0.15) is 16.8 Å². The molecule has 24 heavy (non-hydrogen) atoms. The maximum atomic E-state index is 2.49. The summed E-state index contributed by atoms with van der Waals surface area (Å²) in [4.78, 5) is 0. The molecule has 0 N–H and O–H groups in total. The molecule has 2 rings (SSSR count). The molecule has 0 spiro atoms. The van der Waals surface area contributed by atoms with Gasteiger partial charge in [-0.3, -0.25) is 0 Å². The Bertz CT molecular complexity index is 588. The van der Waals surface area contributed by atoms with Crippen molar-refractivity contribution in [2.45, 2.75) is 53.1 Å². The van der Waals surface area contributed by atoms with E-state index in [1.165, 1.54) is 17.5 Å². The summed E-state index contributed by atoms with van der Waals surface area (Å²) >= 11 is 0. The Morgan fingerprint density at radius 2 is 1.50 bits per heavy atom. The van der Waals surface area contributed by atoms with E-state index in [9.17, 15) is 0 Å². The van der Waals surface area contributed by atoms with Crippen LogP contribution < -0.4 is 47.6 Å². The van der Waals surface area contributed by atoms with E-state index in [0.29, 0.717) is 5.92 Å². The molecular formula is C19H27Cl3SiTi. The van der Waals surface area contributed by atoms with Crippen molar-refractivity contribution in [2.24, 2.45) is 0 Å². The first-order valence-corrected chi connectivity index (χ1v) is 10.7. The molecule has 0 saturated carbocycles. The number of benzene rings is 1. The smallest absolute Gasteiger partial charge is 1.00 e. The van der Waals surface area contributed by atoms with Gasteiger partial charge in [0.2, 0.25) is 0 Å². The molecule has 0 heterocycles. The minimum atomic E-state index is -1.59. The predicted octanol–water partition coefficient (Wildman–Crippen LogP) is -4.63. The molecule has 0 bridgehead atoms. The second-order valence-electron chi connectivity index (χ2n) is 6.71. The van der Waals surface area contributed by atoms with Crippen molar-refractivity contribution >= 4 is 18.4 Å². The van der Waals surface area contributed by atoms with Gasteiger partial charge in [-0.15, -0.1) is 0 Å². The average Bonchev–Trinajstić information content (AvgIpc) is 2.86. The molecule has 0 aliphatic rings. The summed E-state index contributed by atoms with van der Waals surface area (Å²) in [6.07, 6.45) is 1.22. The zero-order valence-electron chi connectivity index (χ0n) is 15.4. The van der Waals surface area contributed by atoms with Gasteiger partial charge in [-0.05, 0) is 19.8 Å². The maximum Gasteiger partial charge on any atom is 4.00 e. The molecule has 0 amide bonds. The van der Waals surface area contributed by atoms with E-state index in [1.54, 1.807) is 15.9 Å². The third kappa shape index (κ3) is 6.27. The van der Waals surface area contributed by atoms with Crippen molar-refractivity contribution in [3.8, 4) is 0 Å². The molecular weight excluding hydrogens is 411 g/mol. The van der Waals surface area contributed by atoms with E-state index in [-0.39, 0.29) is 58.9 Å². The van der Waals surface area contributed by atoms with Crippen LogP contribution in [0.3, 0.4) is 0 Å². The van der Waals surface area contributed by atoms with Crippen LogP contribution in [0.5, 0.6) is 0 Å². The van der Waals surface area contributed by atoms with Crippen molar-refractivity contribution in [1.82, 2.24) is 0 Å². The molecule has 1 atom stereocenters. The first-order valence-electron chi connectivity index (χ1n) is 7.71. The molecule has 0 aliphatic heterocycles. The Kier molecular flexibility index (Phi) is 14.4. The Morgan fingerprint density at radius 1 is 1.00 bits per heavy atom. The van der Waals surface area contributed by atoms with E-state index in [0.717, 1.165) is 0 Å². The van der Waals surface area contributed by atoms with E-state index in [1.807, 2.05) is 0 Å². The van der Waals surface area contributed by atoms with Crippen LogP contribution in [0.4, 0.5) is 0 Å². The van der Waals surface area contributed by atoms with E-state index >= 15 is 0 Å².